The molecule has 4 nitrogen and oxygen atoms in total. The molecular formula is C15H19BrFNO3. The lowest BCUT2D eigenvalue weighted by Crippen LogP contribution is -2.44. The lowest BCUT2D eigenvalue weighted by Gasteiger charge is -2.34. The molecule has 0 N–H and O–H groups in total. The second-order valence-electron chi connectivity index (χ2n) is 5.95. The number of carbonyl (C=O) groups excluding carboxylic acids is 1. The Bertz CT molecular complexity index is 530. The Kier molecular flexibility index (Phi) is 4.88. The van der Waals surface area contributed by atoms with Gasteiger partial charge in [0, 0.05) is 16.6 Å². The fraction of sp³-hybridized carbons (Fsp3) is 0.533. The summed E-state index contributed by atoms with van der Waals surface area (Å²) in [7, 11) is 0. The Labute approximate surface area is 132 Å². The number of hydrogen-bond acceptors (Lipinski definition) is 3. The molecule has 116 valence electrons. The van der Waals surface area contributed by atoms with Crippen LogP contribution in [0.4, 0.5) is 9.18 Å². The zero-order chi connectivity index (χ0) is 15.6. The lowest BCUT2D eigenvalue weighted by atomic mass is 10.1. The van der Waals surface area contributed by atoms with Crippen molar-refractivity contribution in [2.75, 3.05) is 19.7 Å². The van der Waals surface area contributed by atoms with Crippen LogP contribution in [-0.4, -0.2) is 36.3 Å². The SMILES string of the molecule is CC(C)(C)OC(=O)N1CCOC(c2ccc(Br)cc2F)C1. The van der Waals surface area contributed by atoms with Gasteiger partial charge in [0.2, 0.25) is 0 Å². The van der Waals surface area contributed by atoms with Gasteiger partial charge in [0.25, 0.3) is 0 Å². The molecule has 21 heavy (non-hydrogen) atoms. The minimum absolute atomic E-state index is 0.285. The summed E-state index contributed by atoms with van der Waals surface area (Å²) in [4.78, 5) is 13.6. The normalized spacial score (nSPS) is 19.5. The molecule has 0 spiro atoms. The maximum atomic E-state index is 14.0. The standard InChI is InChI=1S/C15H19BrFNO3/c1-15(2,3)21-14(19)18-6-7-20-13(9-18)11-5-4-10(16)8-12(11)17/h4-5,8,13H,6-7,9H2,1-3H3. The van der Waals surface area contributed by atoms with Gasteiger partial charge in [-0.1, -0.05) is 22.0 Å². The summed E-state index contributed by atoms with van der Waals surface area (Å²) < 4.78 is 25.6. The molecule has 0 radical (unpaired) electrons. The van der Waals surface area contributed by atoms with E-state index in [9.17, 15) is 9.18 Å². The van der Waals surface area contributed by atoms with Crippen molar-refractivity contribution in [1.82, 2.24) is 4.90 Å². The smallest absolute Gasteiger partial charge is 0.410 e. The van der Waals surface area contributed by atoms with Crippen molar-refractivity contribution in [1.29, 1.82) is 0 Å². The third-order valence-corrected chi connectivity index (χ3v) is 3.52. The quantitative estimate of drug-likeness (QED) is 0.763. The van der Waals surface area contributed by atoms with Crippen LogP contribution in [0.2, 0.25) is 0 Å². The van der Waals surface area contributed by atoms with Crippen LogP contribution in [0.15, 0.2) is 22.7 Å². The molecule has 1 aliphatic rings. The summed E-state index contributed by atoms with van der Waals surface area (Å²) in [6.45, 7) is 6.54. The second kappa shape index (κ2) is 6.32. The summed E-state index contributed by atoms with van der Waals surface area (Å²) >= 11 is 3.22. The average molecular weight is 360 g/mol. The van der Waals surface area contributed by atoms with Crippen molar-refractivity contribution in [3.8, 4) is 0 Å². The predicted octanol–water partition coefficient (Wildman–Crippen LogP) is 3.90. The van der Waals surface area contributed by atoms with Gasteiger partial charge in [-0.05, 0) is 32.9 Å². The molecular weight excluding hydrogens is 341 g/mol. The maximum Gasteiger partial charge on any atom is 0.410 e. The van der Waals surface area contributed by atoms with Crippen molar-refractivity contribution in [2.24, 2.45) is 0 Å². The fourth-order valence-corrected chi connectivity index (χ4v) is 2.43. The van der Waals surface area contributed by atoms with Crippen molar-refractivity contribution >= 4 is 22.0 Å². The first-order valence-corrected chi connectivity index (χ1v) is 7.60. The number of carbonyl (C=O) groups is 1. The van der Waals surface area contributed by atoms with E-state index < -0.39 is 17.8 Å². The van der Waals surface area contributed by atoms with Crippen molar-refractivity contribution in [3.05, 3.63) is 34.1 Å². The van der Waals surface area contributed by atoms with E-state index in [1.54, 1.807) is 17.0 Å². The number of rotatable bonds is 1. The lowest BCUT2D eigenvalue weighted by molar-refractivity contribution is -0.0443. The summed E-state index contributed by atoms with van der Waals surface area (Å²) in [6.07, 6.45) is -0.868. The van der Waals surface area contributed by atoms with Crippen molar-refractivity contribution < 1.29 is 18.7 Å². The van der Waals surface area contributed by atoms with Gasteiger partial charge in [0.15, 0.2) is 0 Å². The van der Waals surface area contributed by atoms with E-state index in [2.05, 4.69) is 15.9 Å². The maximum absolute atomic E-state index is 14.0. The minimum atomic E-state index is -0.548. The molecule has 1 aliphatic heterocycles. The average Bonchev–Trinajstić information content (AvgIpc) is 2.37. The third-order valence-electron chi connectivity index (χ3n) is 3.03. The van der Waals surface area contributed by atoms with E-state index in [0.29, 0.717) is 23.2 Å². The Morgan fingerprint density at radius 1 is 1.48 bits per heavy atom. The van der Waals surface area contributed by atoms with Crippen LogP contribution in [0.3, 0.4) is 0 Å². The number of ether oxygens (including phenoxy) is 2. The highest BCUT2D eigenvalue weighted by molar-refractivity contribution is 9.10. The number of benzene rings is 1. The highest BCUT2D eigenvalue weighted by Gasteiger charge is 2.30. The van der Waals surface area contributed by atoms with Crippen LogP contribution < -0.4 is 0 Å². The molecule has 0 saturated carbocycles. The number of halogens is 2. The Balaban J connectivity index is 2.08. The Morgan fingerprint density at radius 3 is 2.81 bits per heavy atom. The molecule has 2 rings (SSSR count). The van der Waals surface area contributed by atoms with E-state index in [1.807, 2.05) is 20.8 Å². The van der Waals surface area contributed by atoms with Crippen LogP contribution in [-0.2, 0) is 9.47 Å². The van der Waals surface area contributed by atoms with Crippen LogP contribution in [0.25, 0.3) is 0 Å². The zero-order valence-corrected chi connectivity index (χ0v) is 13.9. The molecule has 0 bridgehead atoms. The second-order valence-corrected chi connectivity index (χ2v) is 6.87. The van der Waals surface area contributed by atoms with Crippen LogP contribution >= 0.6 is 15.9 Å². The van der Waals surface area contributed by atoms with Crippen molar-refractivity contribution in [3.63, 3.8) is 0 Å². The summed E-state index contributed by atoms with van der Waals surface area (Å²) in [5.74, 6) is -0.347. The van der Waals surface area contributed by atoms with Gasteiger partial charge in [-0.15, -0.1) is 0 Å². The number of hydrogen-bond donors (Lipinski definition) is 0. The number of amides is 1. The first-order valence-electron chi connectivity index (χ1n) is 6.81. The molecule has 0 aromatic heterocycles. The van der Waals surface area contributed by atoms with Gasteiger partial charge in [-0.25, -0.2) is 9.18 Å². The number of nitrogens with zero attached hydrogens (tertiary/aromatic N) is 1. The van der Waals surface area contributed by atoms with E-state index >= 15 is 0 Å². The summed E-state index contributed by atoms with van der Waals surface area (Å²) in [6, 6.07) is 4.82. The third kappa shape index (κ3) is 4.41. The van der Waals surface area contributed by atoms with Gasteiger partial charge < -0.3 is 14.4 Å². The highest BCUT2D eigenvalue weighted by atomic mass is 79.9. The molecule has 1 fully saturated rings. The molecule has 1 atom stereocenters. The predicted molar refractivity (Wildman–Crippen MR) is 80.6 cm³/mol. The van der Waals surface area contributed by atoms with Gasteiger partial charge in [-0.2, -0.15) is 0 Å². The molecule has 1 amide bonds. The van der Waals surface area contributed by atoms with E-state index in [1.165, 1.54) is 6.07 Å². The molecule has 1 unspecified atom stereocenters. The molecule has 1 aromatic carbocycles. The van der Waals surface area contributed by atoms with E-state index in [4.69, 9.17) is 9.47 Å². The van der Waals surface area contributed by atoms with Gasteiger partial charge >= 0.3 is 6.09 Å². The zero-order valence-electron chi connectivity index (χ0n) is 12.4. The minimum Gasteiger partial charge on any atom is -0.444 e. The molecule has 6 heteroatoms. The topological polar surface area (TPSA) is 38.8 Å². The van der Waals surface area contributed by atoms with Gasteiger partial charge in [-0.3, -0.25) is 0 Å². The Hall–Kier alpha value is -1.14. The first kappa shape index (κ1) is 16.2. The number of morpholine rings is 1. The summed E-state index contributed by atoms with van der Waals surface area (Å²) in [5.41, 5.74) is -0.0974. The van der Waals surface area contributed by atoms with Crippen LogP contribution in [0, 0.1) is 5.82 Å². The van der Waals surface area contributed by atoms with E-state index in [-0.39, 0.29) is 12.4 Å². The van der Waals surface area contributed by atoms with Crippen LogP contribution in [0.1, 0.15) is 32.4 Å². The largest absolute Gasteiger partial charge is 0.444 e. The fourth-order valence-electron chi connectivity index (χ4n) is 2.09. The molecule has 1 aromatic rings. The van der Waals surface area contributed by atoms with E-state index in [0.717, 1.165) is 0 Å². The highest BCUT2D eigenvalue weighted by Crippen LogP contribution is 2.27. The first-order chi connectivity index (χ1) is 9.76. The molecule has 1 saturated heterocycles. The summed E-state index contributed by atoms with van der Waals surface area (Å²) in [5, 5.41) is 0. The van der Waals surface area contributed by atoms with Crippen LogP contribution in [0.5, 0.6) is 0 Å². The van der Waals surface area contributed by atoms with Gasteiger partial charge in [0.05, 0.1) is 13.2 Å². The van der Waals surface area contributed by atoms with Crippen molar-refractivity contribution in [2.45, 2.75) is 32.5 Å². The molecule has 0 aliphatic carbocycles. The monoisotopic (exact) mass is 359 g/mol. The Morgan fingerprint density at radius 2 is 2.19 bits per heavy atom. The molecule has 1 heterocycles. The van der Waals surface area contributed by atoms with Gasteiger partial charge in [0.1, 0.15) is 17.5 Å².